The van der Waals surface area contributed by atoms with Gasteiger partial charge in [0.1, 0.15) is 0 Å². The highest BCUT2D eigenvalue weighted by atomic mass is 32.2. The van der Waals surface area contributed by atoms with E-state index >= 15 is 0 Å². The number of nitrogens with zero attached hydrogens (tertiary/aromatic N) is 2. The second kappa shape index (κ2) is 14.6. The molecule has 6 heterocycles. The first-order valence-corrected chi connectivity index (χ1v) is 22.7. The molecule has 8 bridgehead atoms. The summed E-state index contributed by atoms with van der Waals surface area (Å²) in [7, 11) is 0. The highest BCUT2D eigenvalue weighted by Gasteiger charge is 2.24. The molecule has 8 aromatic rings. The molecule has 0 radical (unpaired) electrons. The summed E-state index contributed by atoms with van der Waals surface area (Å²) in [6, 6.07) is 54.4. The average molecular weight is 807 g/mol. The molecule has 4 nitrogen and oxygen atoms in total. The second-order valence-corrected chi connectivity index (χ2v) is 18.3. The maximum absolute atomic E-state index is 5.59. The fourth-order valence-corrected chi connectivity index (χ4v) is 12.3. The van der Waals surface area contributed by atoms with Gasteiger partial charge < -0.3 is 9.97 Å². The summed E-state index contributed by atoms with van der Waals surface area (Å²) in [6.07, 6.45) is 10.0. The normalized spacial score (nSPS) is 14.1. The standard InChI is InChI=1S/C54H38N4S2/c1-4-13-33(14-5-1)48-40-23-25-42(55-40)49(34-15-6-2-7-16-34)44-27-29-46(57-44)53(47-30-28-45(58-47)50(35-17-8-3-9-18-35)43-26-24-41(48)56-43)38-21-10-19-36-37-20-11-22-39(52(37)51(36)38)54-59-31-12-32-60-54/h1-11,13-30,54-56H,12,31-32H2. The van der Waals surface area contributed by atoms with Gasteiger partial charge in [0, 0.05) is 44.3 Å². The van der Waals surface area contributed by atoms with E-state index < -0.39 is 0 Å². The molecule has 4 aliphatic rings. The van der Waals surface area contributed by atoms with Crippen LogP contribution in [0.5, 0.6) is 0 Å². The van der Waals surface area contributed by atoms with Crippen LogP contribution in [-0.4, -0.2) is 31.4 Å². The van der Waals surface area contributed by atoms with Gasteiger partial charge in [0.25, 0.3) is 0 Å². The zero-order valence-electron chi connectivity index (χ0n) is 32.7. The summed E-state index contributed by atoms with van der Waals surface area (Å²) >= 11 is 4.17. The van der Waals surface area contributed by atoms with Gasteiger partial charge in [-0.05, 0) is 115 Å². The van der Waals surface area contributed by atoms with Crippen LogP contribution in [0.3, 0.4) is 0 Å². The van der Waals surface area contributed by atoms with Crippen LogP contribution in [0.4, 0.5) is 0 Å². The number of thioether (sulfide) groups is 2. The predicted molar refractivity (Wildman–Crippen MR) is 255 cm³/mol. The molecule has 6 heteroatoms. The lowest BCUT2D eigenvalue weighted by molar-refractivity contribution is 1.09. The van der Waals surface area contributed by atoms with Crippen molar-refractivity contribution in [3.05, 3.63) is 201 Å². The van der Waals surface area contributed by atoms with E-state index in [1.807, 2.05) is 0 Å². The van der Waals surface area contributed by atoms with E-state index in [-0.39, 0.29) is 0 Å². The van der Waals surface area contributed by atoms with Crippen LogP contribution < -0.4 is 0 Å². The first kappa shape index (κ1) is 35.4. The Kier molecular flexibility index (Phi) is 8.60. The lowest BCUT2D eigenvalue weighted by atomic mass is 9.90. The van der Waals surface area contributed by atoms with E-state index in [2.05, 4.69) is 209 Å². The quantitative estimate of drug-likeness (QED) is 0.182. The summed E-state index contributed by atoms with van der Waals surface area (Å²) in [4.78, 5) is 19.0. The van der Waals surface area contributed by atoms with Crippen molar-refractivity contribution in [1.82, 2.24) is 19.9 Å². The van der Waals surface area contributed by atoms with Crippen molar-refractivity contribution in [1.29, 1.82) is 0 Å². The van der Waals surface area contributed by atoms with E-state index in [1.165, 1.54) is 49.9 Å². The van der Waals surface area contributed by atoms with Crippen molar-refractivity contribution >= 4 is 69.9 Å². The maximum Gasteiger partial charge on any atom is 0.0757 e. The zero-order chi connectivity index (χ0) is 39.6. The van der Waals surface area contributed by atoms with Crippen LogP contribution in [0.2, 0.25) is 0 Å². The fourth-order valence-electron chi connectivity index (χ4n) is 9.34. The van der Waals surface area contributed by atoms with E-state index in [0.29, 0.717) is 4.58 Å². The third-order valence-electron chi connectivity index (χ3n) is 12.0. The minimum absolute atomic E-state index is 0.423. The Morgan fingerprint density at radius 2 is 0.833 bits per heavy atom. The maximum atomic E-state index is 5.59. The van der Waals surface area contributed by atoms with Crippen molar-refractivity contribution in [2.24, 2.45) is 0 Å². The Labute approximate surface area is 355 Å². The molecule has 2 N–H and O–H groups in total. The van der Waals surface area contributed by atoms with Gasteiger partial charge in [0.05, 0.1) is 27.4 Å². The molecule has 0 saturated carbocycles. The largest absolute Gasteiger partial charge is 0.354 e. The van der Waals surface area contributed by atoms with Crippen LogP contribution in [-0.2, 0) is 0 Å². The topological polar surface area (TPSA) is 57.4 Å². The number of nitrogens with one attached hydrogen (secondary N) is 2. The van der Waals surface area contributed by atoms with Gasteiger partial charge in [0.15, 0.2) is 0 Å². The number of hydrogen-bond acceptors (Lipinski definition) is 4. The van der Waals surface area contributed by atoms with Gasteiger partial charge in [0.2, 0.25) is 0 Å². The van der Waals surface area contributed by atoms with E-state index in [4.69, 9.17) is 9.97 Å². The Morgan fingerprint density at radius 3 is 1.35 bits per heavy atom. The number of rotatable bonds is 5. The minimum Gasteiger partial charge on any atom is -0.354 e. The first-order valence-electron chi connectivity index (χ1n) is 20.6. The Hall–Kier alpha value is -6.60. The molecule has 286 valence electrons. The van der Waals surface area contributed by atoms with E-state index in [1.54, 1.807) is 0 Å². The van der Waals surface area contributed by atoms with Crippen LogP contribution in [0.15, 0.2) is 152 Å². The molecule has 0 spiro atoms. The molecule has 1 saturated heterocycles. The highest BCUT2D eigenvalue weighted by molar-refractivity contribution is 8.16. The number of benzene rings is 5. The molecule has 0 amide bonds. The zero-order valence-corrected chi connectivity index (χ0v) is 34.3. The monoisotopic (exact) mass is 806 g/mol. The van der Waals surface area contributed by atoms with Crippen LogP contribution in [0.25, 0.3) is 90.9 Å². The number of hydrogen-bond donors (Lipinski definition) is 2. The van der Waals surface area contributed by atoms with Crippen molar-refractivity contribution in [2.75, 3.05) is 11.5 Å². The molecule has 0 unspecified atom stereocenters. The molecule has 0 atom stereocenters. The van der Waals surface area contributed by atoms with Crippen LogP contribution in [0, 0.1) is 20.9 Å². The minimum atomic E-state index is 0.423. The Balaban J connectivity index is 1.24. The first-order chi connectivity index (χ1) is 29.8. The van der Waals surface area contributed by atoms with Crippen LogP contribution in [0.1, 0.15) is 39.3 Å². The molecular formula is C54H38N4S2. The van der Waals surface area contributed by atoms with Crippen molar-refractivity contribution in [3.63, 3.8) is 0 Å². The number of aromatic amines is 2. The Morgan fingerprint density at radius 1 is 0.400 bits per heavy atom. The number of aromatic nitrogens is 4. The van der Waals surface area contributed by atoms with E-state index in [0.717, 1.165) is 83.8 Å². The molecule has 60 heavy (non-hydrogen) atoms. The number of fused-ring (bicyclic) bond motifs is 10. The van der Waals surface area contributed by atoms with Gasteiger partial charge in [-0.1, -0.05) is 127 Å². The molecule has 5 aromatic carbocycles. The third kappa shape index (κ3) is 5.85. The molecule has 1 fully saturated rings. The molecule has 3 aromatic heterocycles. The lowest BCUT2D eigenvalue weighted by Crippen LogP contribution is -2.05. The van der Waals surface area contributed by atoms with Crippen LogP contribution >= 0.6 is 23.5 Å². The molecule has 12 rings (SSSR count). The van der Waals surface area contributed by atoms with E-state index in [9.17, 15) is 0 Å². The lowest BCUT2D eigenvalue weighted by Gasteiger charge is -2.24. The third-order valence-corrected chi connectivity index (χ3v) is 15.0. The average Bonchev–Trinajstić information content (AvgIpc) is 4.15. The fraction of sp³-hybridized carbons (Fsp3) is 0.0741. The molecular weight excluding hydrogens is 769 g/mol. The summed E-state index contributed by atoms with van der Waals surface area (Å²) < 4.78 is 0.423. The molecule has 3 aliphatic heterocycles. The van der Waals surface area contributed by atoms with Gasteiger partial charge in [-0.25, -0.2) is 9.97 Å². The van der Waals surface area contributed by atoms with Crippen molar-refractivity contribution in [2.45, 2.75) is 11.0 Å². The highest BCUT2D eigenvalue weighted by Crippen LogP contribution is 2.46. The number of H-pyrrole nitrogens is 2. The van der Waals surface area contributed by atoms with Gasteiger partial charge in [-0.3, -0.25) is 0 Å². The van der Waals surface area contributed by atoms with Crippen molar-refractivity contribution < 1.29 is 0 Å². The smallest absolute Gasteiger partial charge is 0.0757 e. The van der Waals surface area contributed by atoms with Crippen molar-refractivity contribution in [3.8, 4) is 44.5 Å². The second-order valence-electron chi connectivity index (χ2n) is 15.5. The summed E-state index contributed by atoms with van der Waals surface area (Å²) in [5, 5.41) is 5.32. The summed E-state index contributed by atoms with van der Waals surface area (Å²) in [5.74, 6) is 2.40. The molecule has 1 aliphatic carbocycles. The SMILES string of the molecule is C1=Cc2nc1c(-c1cccc3c1=c1c(C4SCCCS4)cccc1=3)c1nc(c(-c3ccccc3)c3ccc([nH]3)c(-c3ccccc3)c3ccc([nH]3)c2-c2ccccc2)C=C1. The predicted octanol–water partition coefficient (Wildman–Crippen LogP) is 14.1. The summed E-state index contributed by atoms with van der Waals surface area (Å²) in [6.45, 7) is 0. The van der Waals surface area contributed by atoms with Gasteiger partial charge in [-0.2, -0.15) is 0 Å². The van der Waals surface area contributed by atoms with Gasteiger partial charge >= 0.3 is 0 Å². The Bertz CT molecular complexity index is 3320. The summed E-state index contributed by atoms with van der Waals surface area (Å²) in [5.41, 5.74) is 17.8. The van der Waals surface area contributed by atoms with Gasteiger partial charge in [-0.15, -0.1) is 23.5 Å².